The second-order valence-electron chi connectivity index (χ2n) is 4.49. The van der Waals surface area contributed by atoms with Crippen LogP contribution in [0.1, 0.15) is 51.9 Å². The number of allylic oxidation sites excluding steroid dienone is 2. The first kappa shape index (κ1) is 8.34. The first-order chi connectivity index (χ1) is 5.90. The van der Waals surface area contributed by atoms with Gasteiger partial charge in [-0.3, -0.25) is 0 Å². The summed E-state index contributed by atoms with van der Waals surface area (Å²) in [4.78, 5) is 0. The van der Waals surface area contributed by atoms with Crippen LogP contribution >= 0.6 is 0 Å². The van der Waals surface area contributed by atoms with Crippen molar-refractivity contribution in [1.82, 2.24) is 0 Å². The summed E-state index contributed by atoms with van der Waals surface area (Å²) in [6, 6.07) is 0. The smallest absolute Gasteiger partial charge is 0.0203 e. The van der Waals surface area contributed by atoms with Gasteiger partial charge in [-0.05, 0) is 50.4 Å². The van der Waals surface area contributed by atoms with Crippen molar-refractivity contribution in [2.45, 2.75) is 51.9 Å². The summed E-state index contributed by atoms with van der Waals surface area (Å²) in [6.45, 7) is 2.28. The molecule has 68 valence electrons. The van der Waals surface area contributed by atoms with Gasteiger partial charge in [0.05, 0.1) is 0 Å². The number of fused-ring (bicyclic) bond motifs is 3. The third-order valence-corrected chi connectivity index (χ3v) is 3.59. The second-order valence-corrected chi connectivity index (χ2v) is 4.49. The molecule has 0 aromatic heterocycles. The molecule has 0 aromatic rings. The van der Waals surface area contributed by atoms with Crippen molar-refractivity contribution in [2.75, 3.05) is 0 Å². The van der Waals surface area contributed by atoms with E-state index < -0.39 is 0 Å². The highest BCUT2D eigenvalue weighted by atomic mass is 14.4. The van der Waals surface area contributed by atoms with Gasteiger partial charge in [0.25, 0.3) is 0 Å². The van der Waals surface area contributed by atoms with Crippen molar-refractivity contribution in [3.63, 3.8) is 0 Å². The van der Waals surface area contributed by atoms with Gasteiger partial charge in [-0.15, -0.1) is 0 Å². The average Bonchev–Trinajstić information content (AvgIpc) is 2.17. The van der Waals surface area contributed by atoms with E-state index in [0.717, 1.165) is 11.8 Å². The lowest BCUT2D eigenvalue weighted by Gasteiger charge is -2.38. The number of unbranched alkanes of at least 4 members (excludes halogenated alkanes) is 1. The first-order valence-corrected chi connectivity index (χ1v) is 5.59. The number of rotatable bonds is 2. The molecule has 3 fully saturated rings. The van der Waals surface area contributed by atoms with Gasteiger partial charge in [0.15, 0.2) is 0 Å². The van der Waals surface area contributed by atoms with Crippen LogP contribution in [-0.4, -0.2) is 0 Å². The summed E-state index contributed by atoms with van der Waals surface area (Å²) >= 11 is 0. The molecule has 0 heteroatoms. The topological polar surface area (TPSA) is 0 Å². The Morgan fingerprint density at radius 1 is 1.25 bits per heavy atom. The number of hydrogen-bond acceptors (Lipinski definition) is 0. The van der Waals surface area contributed by atoms with Crippen molar-refractivity contribution in [3.8, 4) is 0 Å². The Morgan fingerprint density at radius 3 is 2.50 bits per heavy atom. The van der Waals surface area contributed by atoms with Gasteiger partial charge in [-0.25, -0.2) is 0 Å². The van der Waals surface area contributed by atoms with Crippen molar-refractivity contribution >= 4 is 0 Å². The highest BCUT2D eigenvalue weighted by Gasteiger charge is 2.30. The molecule has 2 bridgehead atoms. The normalized spacial score (nSPS) is 37.6. The Kier molecular flexibility index (Phi) is 2.53. The van der Waals surface area contributed by atoms with E-state index in [9.17, 15) is 0 Å². The largest absolute Gasteiger partial charge is 0.0851 e. The molecule has 0 heterocycles. The second kappa shape index (κ2) is 3.64. The predicted molar refractivity (Wildman–Crippen MR) is 53.1 cm³/mol. The molecule has 0 N–H and O–H groups in total. The summed E-state index contributed by atoms with van der Waals surface area (Å²) in [6.07, 6.45) is 12.7. The lowest BCUT2D eigenvalue weighted by molar-refractivity contribution is 0.238. The Balaban J connectivity index is 1.99. The molecular formula is C12H20. The maximum absolute atomic E-state index is 2.54. The summed E-state index contributed by atoms with van der Waals surface area (Å²) < 4.78 is 0. The van der Waals surface area contributed by atoms with Crippen molar-refractivity contribution in [2.24, 2.45) is 11.8 Å². The maximum atomic E-state index is 2.54. The van der Waals surface area contributed by atoms with Crippen LogP contribution in [0.3, 0.4) is 0 Å². The molecule has 3 saturated carbocycles. The van der Waals surface area contributed by atoms with Gasteiger partial charge < -0.3 is 0 Å². The van der Waals surface area contributed by atoms with Gasteiger partial charge in [0.1, 0.15) is 0 Å². The zero-order valence-corrected chi connectivity index (χ0v) is 8.18. The third-order valence-electron chi connectivity index (χ3n) is 3.59. The van der Waals surface area contributed by atoms with Crippen LogP contribution in [0.5, 0.6) is 0 Å². The van der Waals surface area contributed by atoms with E-state index in [1.807, 2.05) is 5.57 Å². The van der Waals surface area contributed by atoms with Crippen molar-refractivity contribution in [1.29, 1.82) is 0 Å². The van der Waals surface area contributed by atoms with Crippen LogP contribution in [0.15, 0.2) is 11.6 Å². The number of hydrogen-bond donors (Lipinski definition) is 0. The molecule has 0 atom stereocenters. The summed E-state index contributed by atoms with van der Waals surface area (Å²) in [5, 5.41) is 0. The fourth-order valence-corrected chi connectivity index (χ4v) is 2.82. The van der Waals surface area contributed by atoms with Gasteiger partial charge in [-0.1, -0.05) is 25.0 Å². The fourth-order valence-electron chi connectivity index (χ4n) is 2.82. The monoisotopic (exact) mass is 164 g/mol. The SMILES string of the molecule is CCCC=C1CC2CCC1CC2. The predicted octanol–water partition coefficient (Wildman–Crippen LogP) is 3.92. The van der Waals surface area contributed by atoms with Crippen LogP contribution in [0.4, 0.5) is 0 Å². The van der Waals surface area contributed by atoms with Gasteiger partial charge in [0, 0.05) is 0 Å². The van der Waals surface area contributed by atoms with E-state index in [2.05, 4.69) is 13.0 Å². The van der Waals surface area contributed by atoms with E-state index in [1.54, 1.807) is 0 Å². The Hall–Kier alpha value is -0.260. The molecule has 0 aliphatic heterocycles. The molecule has 0 spiro atoms. The zero-order valence-electron chi connectivity index (χ0n) is 8.18. The summed E-state index contributed by atoms with van der Waals surface area (Å²) in [5.74, 6) is 2.07. The van der Waals surface area contributed by atoms with Crippen LogP contribution in [-0.2, 0) is 0 Å². The minimum atomic E-state index is 1.00. The molecule has 3 aliphatic carbocycles. The quantitative estimate of drug-likeness (QED) is 0.543. The van der Waals surface area contributed by atoms with E-state index >= 15 is 0 Å². The van der Waals surface area contributed by atoms with Crippen LogP contribution in [0, 0.1) is 11.8 Å². The molecule has 3 aliphatic rings. The third kappa shape index (κ3) is 1.57. The average molecular weight is 164 g/mol. The van der Waals surface area contributed by atoms with Crippen molar-refractivity contribution in [3.05, 3.63) is 11.6 Å². The highest BCUT2D eigenvalue weighted by Crippen LogP contribution is 2.44. The van der Waals surface area contributed by atoms with E-state index in [1.165, 1.54) is 44.9 Å². The Bertz CT molecular complexity index is 170. The molecular weight excluding hydrogens is 144 g/mol. The van der Waals surface area contributed by atoms with Crippen molar-refractivity contribution < 1.29 is 0 Å². The highest BCUT2D eigenvalue weighted by molar-refractivity contribution is 5.13. The maximum Gasteiger partial charge on any atom is -0.0203 e. The van der Waals surface area contributed by atoms with Crippen LogP contribution < -0.4 is 0 Å². The lowest BCUT2D eigenvalue weighted by Crippen LogP contribution is -2.24. The molecule has 0 nitrogen and oxygen atoms in total. The van der Waals surface area contributed by atoms with Gasteiger partial charge in [0.2, 0.25) is 0 Å². The first-order valence-electron chi connectivity index (χ1n) is 5.59. The van der Waals surface area contributed by atoms with Gasteiger partial charge >= 0.3 is 0 Å². The Morgan fingerprint density at radius 2 is 2.00 bits per heavy atom. The van der Waals surface area contributed by atoms with E-state index in [0.29, 0.717) is 0 Å². The van der Waals surface area contributed by atoms with Crippen LogP contribution in [0.25, 0.3) is 0 Å². The molecule has 0 radical (unpaired) electrons. The lowest BCUT2D eigenvalue weighted by atomic mass is 9.68. The van der Waals surface area contributed by atoms with E-state index in [-0.39, 0.29) is 0 Å². The summed E-state index contributed by atoms with van der Waals surface area (Å²) in [7, 11) is 0. The van der Waals surface area contributed by atoms with Crippen LogP contribution in [0.2, 0.25) is 0 Å². The molecule has 0 saturated heterocycles. The molecule has 0 unspecified atom stereocenters. The molecule has 0 amide bonds. The molecule has 3 rings (SSSR count). The van der Waals surface area contributed by atoms with Gasteiger partial charge in [-0.2, -0.15) is 0 Å². The zero-order chi connectivity index (χ0) is 8.39. The molecule has 0 aromatic carbocycles. The molecule has 12 heavy (non-hydrogen) atoms. The summed E-state index contributed by atoms with van der Waals surface area (Å²) in [5.41, 5.74) is 1.82. The Labute approximate surface area is 76.1 Å². The standard InChI is InChI=1S/C12H20/c1-2-3-4-12-9-10-5-7-11(12)8-6-10/h4,10-11H,2-3,5-9H2,1H3. The minimum Gasteiger partial charge on any atom is -0.0851 e. The minimum absolute atomic E-state index is 1.00. The van der Waals surface area contributed by atoms with E-state index in [4.69, 9.17) is 0 Å². The fraction of sp³-hybridized carbons (Fsp3) is 0.833.